The maximum absolute atomic E-state index is 5.68. The van der Waals surface area contributed by atoms with Crippen molar-refractivity contribution in [2.75, 3.05) is 20.3 Å². The molecule has 11 heteroatoms. The number of nitrogens with zero attached hydrogens (tertiary/aromatic N) is 9. The van der Waals surface area contributed by atoms with Gasteiger partial charge >= 0.3 is 0 Å². The Kier molecular flexibility index (Phi) is 5.38. The van der Waals surface area contributed by atoms with E-state index in [0.717, 1.165) is 81.8 Å². The summed E-state index contributed by atoms with van der Waals surface area (Å²) < 4.78 is 19.3. The Morgan fingerprint density at radius 2 is 1.77 bits per heavy atom. The van der Waals surface area contributed by atoms with E-state index in [1.807, 2.05) is 33.5 Å². The van der Waals surface area contributed by atoms with Crippen molar-refractivity contribution in [1.29, 1.82) is 0 Å². The van der Waals surface area contributed by atoms with E-state index in [0.29, 0.717) is 24.3 Å². The molecule has 0 N–H and O–H groups in total. The average molecular weight is 576 g/mol. The molecule has 43 heavy (non-hydrogen) atoms. The zero-order chi connectivity index (χ0) is 28.8. The van der Waals surface area contributed by atoms with Crippen molar-refractivity contribution in [3.05, 3.63) is 54.2 Å². The lowest BCUT2D eigenvalue weighted by Crippen LogP contribution is -2.09. The third-order valence-corrected chi connectivity index (χ3v) is 9.15. The Labute approximate surface area is 248 Å². The molecule has 3 aliphatic rings. The first-order valence-corrected chi connectivity index (χ1v) is 15.2. The lowest BCUT2D eigenvalue weighted by atomic mass is 10.0. The van der Waals surface area contributed by atoms with Gasteiger partial charge in [-0.1, -0.05) is 12.1 Å². The van der Waals surface area contributed by atoms with Crippen LogP contribution in [0.4, 0.5) is 0 Å². The molecule has 0 bridgehead atoms. The van der Waals surface area contributed by atoms with Crippen LogP contribution in [0.25, 0.3) is 50.3 Å². The fourth-order valence-corrected chi connectivity index (χ4v) is 6.67. The first kappa shape index (κ1) is 25.0. The topological polar surface area (TPSA) is 103 Å². The molecular formula is C32H33N9O2. The van der Waals surface area contributed by atoms with Gasteiger partial charge in [0.2, 0.25) is 0 Å². The van der Waals surface area contributed by atoms with Crippen LogP contribution in [0.3, 0.4) is 0 Å². The van der Waals surface area contributed by atoms with Crippen molar-refractivity contribution >= 4 is 21.9 Å². The van der Waals surface area contributed by atoms with Crippen LogP contribution >= 0.6 is 0 Å². The van der Waals surface area contributed by atoms with Gasteiger partial charge in [0, 0.05) is 72.5 Å². The molecule has 0 spiro atoms. The minimum atomic E-state index is 0.206. The lowest BCUT2D eigenvalue weighted by Gasteiger charge is -2.10. The summed E-state index contributed by atoms with van der Waals surface area (Å²) in [5, 5.41) is 16.4. The summed E-state index contributed by atoms with van der Waals surface area (Å²) in [6.45, 7) is 1.41. The highest BCUT2D eigenvalue weighted by Gasteiger charge is 2.35. The minimum Gasteiger partial charge on any atom is -0.478 e. The molecule has 1 atom stereocenters. The Morgan fingerprint density at radius 3 is 2.53 bits per heavy atom. The number of imidazole rings is 1. The van der Waals surface area contributed by atoms with E-state index in [1.165, 1.54) is 18.5 Å². The fourth-order valence-electron chi connectivity index (χ4n) is 6.67. The van der Waals surface area contributed by atoms with Crippen LogP contribution in [-0.4, -0.2) is 64.2 Å². The molecule has 1 saturated heterocycles. The fraction of sp³-hybridized carbons (Fsp3) is 0.406. The van der Waals surface area contributed by atoms with Gasteiger partial charge in [-0.25, -0.2) is 14.6 Å². The molecule has 3 fully saturated rings. The number of methoxy groups -OCH3 is 1. The predicted octanol–water partition coefficient (Wildman–Crippen LogP) is 5.30. The van der Waals surface area contributed by atoms with Gasteiger partial charge in [-0.3, -0.25) is 9.36 Å². The number of fused-ring (bicyclic) bond motifs is 2. The van der Waals surface area contributed by atoms with Crippen molar-refractivity contribution < 1.29 is 9.47 Å². The van der Waals surface area contributed by atoms with E-state index in [1.54, 1.807) is 7.11 Å². The predicted molar refractivity (Wildman–Crippen MR) is 162 cm³/mol. The average Bonchev–Trinajstić information content (AvgIpc) is 3.71. The molecule has 9 rings (SSSR count). The van der Waals surface area contributed by atoms with Gasteiger partial charge in [0.05, 0.1) is 42.9 Å². The van der Waals surface area contributed by atoms with Gasteiger partial charge in [-0.15, -0.1) is 5.10 Å². The van der Waals surface area contributed by atoms with Crippen LogP contribution in [0.5, 0.6) is 5.88 Å². The van der Waals surface area contributed by atoms with Gasteiger partial charge < -0.3 is 14.0 Å². The van der Waals surface area contributed by atoms with E-state index in [9.17, 15) is 0 Å². The smallest absolute Gasteiger partial charge is 0.258 e. The minimum absolute atomic E-state index is 0.206. The molecule has 0 amide bonds. The number of aromatic nitrogens is 9. The van der Waals surface area contributed by atoms with E-state index >= 15 is 0 Å². The van der Waals surface area contributed by atoms with Crippen LogP contribution in [0, 0.1) is 0 Å². The summed E-state index contributed by atoms with van der Waals surface area (Å²) in [5.74, 6) is 2.49. The SMILES string of the molecule is COc1nn(C2CCOC2)cc1-n1cc2c(-c3nc(-c4cc5cn(C)nc5nc4C4CC4)n(C)c3C3CC3)cccc2n1. The summed E-state index contributed by atoms with van der Waals surface area (Å²) in [5.41, 5.74) is 8.17. The Bertz CT molecular complexity index is 2030. The van der Waals surface area contributed by atoms with Crippen LogP contribution < -0.4 is 4.74 Å². The van der Waals surface area contributed by atoms with Crippen molar-refractivity contribution in [3.63, 3.8) is 0 Å². The normalized spacial score (nSPS) is 18.8. The number of hydrogen-bond acceptors (Lipinski definition) is 7. The zero-order valence-corrected chi connectivity index (χ0v) is 24.6. The Hall–Kier alpha value is -4.51. The maximum Gasteiger partial charge on any atom is 0.258 e. The molecule has 11 nitrogen and oxygen atoms in total. The summed E-state index contributed by atoms with van der Waals surface area (Å²) >= 11 is 0. The molecule has 6 aromatic rings. The van der Waals surface area contributed by atoms with Gasteiger partial charge in [0.1, 0.15) is 11.5 Å². The number of ether oxygens (including phenoxy) is 2. The number of aryl methyl sites for hydroxylation is 1. The second kappa shape index (κ2) is 9.24. The monoisotopic (exact) mass is 575 g/mol. The molecule has 2 aliphatic carbocycles. The largest absolute Gasteiger partial charge is 0.478 e. The standard InChI is InChI=1S/C32H33N9O2/c1-38-14-20-13-23(27(18-7-8-18)33-30(20)36-38)31-34-28(29(39(31)2)19-9-10-19)22-5-4-6-25-24(22)15-41(35-25)26-16-40(37-32(26)42-3)21-11-12-43-17-21/h4-6,13-16,18-19,21H,7-12,17H2,1-3H3. The van der Waals surface area contributed by atoms with Crippen molar-refractivity contribution in [2.24, 2.45) is 14.1 Å². The maximum atomic E-state index is 5.68. The molecule has 2 saturated carbocycles. The van der Waals surface area contributed by atoms with Crippen LogP contribution in [0.2, 0.25) is 0 Å². The highest BCUT2D eigenvalue weighted by Crippen LogP contribution is 2.49. The number of hydrogen-bond donors (Lipinski definition) is 0. The highest BCUT2D eigenvalue weighted by molar-refractivity contribution is 5.95. The second-order valence-electron chi connectivity index (χ2n) is 12.2. The highest BCUT2D eigenvalue weighted by atomic mass is 16.5. The second-order valence-corrected chi connectivity index (χ2v) is 12.2. The number of rotatable bonds is 7. The molecular weight excluding hydrogens is 542 g/mol. The third-order valence-electron chi connectivity index (χ3n) is 9.15. The van der Waals surface area contributed by atoms with E-state index in [-0.39, 0.29) is 6.04 Å². The van der Waals surface area contributed by atoms with E-state index in [4.69, 9.17) is 29.6 Å². The number of benzene rings is 1. The summed E-state index contributed by atoms with van der Waals surface area (Å²) in [4.78, 5) is 10.5. The number of pyridine rings is 1. The van der Waals surface area contributed by atoms with Crippen LogP contribution in [-0.2, 0) is 18.8 Å². The molecule has 1 aromatic carbocycles. The lowest BCUT2D eigenvalue weighted by molar-refractivity contribution is 0.184. The molecule has 218 valence electrons. The molecule has 1 unspecified atom stereocenters. The van der Waals surface area contributed by atoms with Gasteiger partial charge in [-0.2, -0.15) is 10.2 Å². The van der Waals surface area contributed by atoms with Gasteiger partial charge in [0.25, 0.3) is 5.88 Å². The third kappa shape index (κ3) is 4.01. The van der Waals surface area contributed by atoms with Crippen molar-refractivity contribution in [1.82, 2.24) is 43.9 Å². The zero-order valence-electron chi connectivity index (χ0n) is 24.6. The van der Waals surface area contributed by atoms with E-state index in [2.05, 4.69) is 47.2 Å². The first-order valence-electron chi connectivity index (χ1n) is 15.2. The quantitative estimate of drug-likeness (QED) is 0.255. The first-order chi connectivity index (χ1) is 21.1. The van der Waals surface area contributed by atoms with E-state index < -0.39 is 0 Å². The summed E-state index contributed by atoms with van der Waals surface area (Å²) in [6, 6.07) is 8.76. The van der Waals surface area contributed by atoms with Gasteiger partial charge in [0.15, 0.2) is 5.65 Å². The molecule has 1 aliphatic heterocycles. The molecule has 5 aromatic heterocycles. The summed E-state index contributed by atoms with van der Waals surface area (Å²) in [7, 11) is 5.77. The Morgan fingerprint density at radius 1 is 0.907 bits per heavy atom. The van der Waals surface area contributed by atoms with Crippen LogP contribution in [0.1, 0.15) is 61.4 Å². The molecule has 6 heterocycles. The van der Waals surface area contributed by atoms with Crippen LogP contribution in [0.15, 0.2) is 42.9 Å². The van der Waals surface area contributed by atoms with Crippen molar-refractivity contribution in [2.45, 2.75) is 50.0 Å². The molecule has 0 radical (unpaired) electrons. The van der Waals surface area contributed by atoms with Gasteiger partial charge in [-0.05, 0) is 44.2 Å². The summed E-state index contributed by atoms with van der Waals surface area (Å²) in [6.07, 6.45) is 11.8. The Balaban J connectivity index is 1.20. The van der Waals surface area contributed by atoms with Crippen molar-refractivity contribution in [3.8, 4) is 34.2 Å².